The van der Waals surface area contributed by atoms with E-state index in [1.807, 2.05) is 29.6 Å². The normalized spacial score (nSPS) is 12.5. The van der Waals surface area contributed by atoms with Crippen LogP contribution in [0.5, 0.6) is 5.75 Å². The van der Waals surface area contributed by atoms with E-state index >= 15 is 0 Å². The molecule has 0 radical (unpaired) electrons. The van der Waals surface area contributed by atoms with Gasteiger partial charge in [0.1, 0.15) is 5.75 Å². The third kappa shape index (κ3) is 3.53. The maximum absolute atomic E-state index is 9.43. The summed E-state index contributed by atoms with van der Waals surface area (Å²) >= 11 is 1.59. The van der Waals surface area contributed by atoms with Crippen LogP contribution in [0.2, 0.25) is 0 Å². The van der Waals surface area contributed by atoms with Gasteiger partial charge in [-0.05, 0) is 12.1 Å². The Labute approximate surface area is 129 Å². The number of ether oxygens (including phenoxy) is 1. The zero-order valence-electron chi connectivity index (χ0n) is 12.7. The minimum atomic E-state index is -0.492. The van der Waals surface area contributed by atoms with Gasteiger partial charge in [-0.25, -0.2) is 4.98 Å². The second-order valence-corrected chi connectivity index (χ2v) is 6.59. The number of thiazole rings is 1. The second-order valence-electron chi connectivity index (χ2n) is 5.73. The van der Waals surface area contributed by atoms with Crippen LogP contribution < -0.4 is 10.1 Å². The lowest BCUT2D eigenvalue weighted by molar-refractivity contribution is 0.416. The van der Waals surface area contributed by atoms with Crippen LogP contribution >= 0.6 is 11.3 Å². The van der Waals surface area contributed by atoms with Gasteiger partial charge >= 0.3 is 0 Å². The van der Waals surface area contributed by atoms with Crippen molar-refractivity contribution in [3.8, 4) is 11.8 Å². The van der Waals surface area contributed by atoms with E-state index in [2.05, 4.69) is 37.1 Å². The van der Waals surface area contributed by atoms with Gasteiger partial charge in [0.2, 0.25) is 0 Å². The molecule has 0 aliphatic heterocycles. The first-order chi connectivity index (χ1) is 9.95. The summed E-state index contributed by atoms with van der Waals surface area (Å²) in [6.45, 7) is 6.35. The van der Waals surface area contributed by atoms with E-state index in [0.717, 1.165) is 16.4 Å². The number of anilines is 1. The summed E-state index contributed by atoms with van der Waals surface area (Å²) in [6.07, 6.45) is 0. The van der Waals surface area contributed by atoms with Crippen molar-refractivity contribution in [2.45, 2.75) is 32.2 Å². The molecule has 4 nitrogen and oxygen atoms in total. The summed E-state index contributed by atoms with van der Waals surface area (Å²) in [5.41, 5.74) is 1.53. The predicted molar refractivity (Wildman–Crippen MR) is 85.8 cm³/mol. The van der Waals surface area contributed by atoms with Crippen molar-refractivity contribution < 1.29 is 4.74 Å². The molecule has 0 amide bonds. The van der Waals surface area contributed by atoms with Crippen LogP contribution in [0.1, 0.15) is 37.5 Å². The molecule has 1 aromatic heterocycles. The topological polar surface area (TPSA) is 57.9 Å². The van der Waals surface area contributed by atoms with Gasteiger partial charge in [-0.3, -0.25) is 0 Å². The first-order valence-corrected chi connectivity index (χ1v) is 7.58. The average molecular weight is 301 g/mol. The zero-order chi connectivity index (χ0) is 15.5. The number of para-hydroxylation sites is 2. The van der Waals surface area contributed by atoms with Gasteiger partial charge < -0.3 is 10.1 Å². The van der Waals surface area contributed by atoms with Crippen molar-refractivity contribution in [3.05, 3.63) is 40.3 Å². The van der Waals surface area contributed by atoms with Gasteiger partial charge in [0.05, 0.1) is 29.6 Å². The van der Waals surface area contributed by atoms with Gasteiger partial charge in [-0.2, -0.15) is 5.26 Å². The van der Waals surface area contributed by atoms with Crippen LogP contribution in [0, 0.1) is 11.3 Å². The first-order valence-electron chi connectivity index (χ1n) is 6.71. The van der Waals surface area contributed by atoms with Crippen LogP contribution in [0.4, 0.5) is 5.69 Å². The largest absolute Gasteiger partial charge is 0.495 e. The number of hydrogen-bond acceptors (Lipinski definition) is 5. The standard InChI is InChI=1S/C16H19N3OS/c1-16(2,3)15-19-13(10-21-15)12(9-17)18-11-7-5-6-8-14(11)20-4/h5-8,10,12,18H,1-4H3. The van der Waals surface area contributed by atoms with E-state index < -0.39 is 6.04 Å². The highest BCUT2D eigenvalue weighted by Crippen LogP contribution is 2.31. The molecule has 1 aromatic carbocycles. The lowest BCUT2D eigenvalue weighted by atomic mass is 9.98. The smallest absolute Gasteiger partial charge is 0.158 e. The quantitative estimate of drug-likeness (QED) is 0.922. The van der Waals surface area contributed by atoms with Crippen molar-refractivity contribution in [1.82, 2.24) is 4.98 Å². The summed E-state index contributed by atoms with van der Waals surface area (Å²) < 4.78 is 5.30. The Hall–Kier alpha value is -2.06. The fourth-order valence-corrected chi connectivity index (χ4v) is 2.79. The molecule has 2 aromatic rings. The highest BCUT2D eigenvalue weighted by atomic mass is 32.1. The Balaban J connectivity index is 2.25. The van der Waals surface area contributed by atoms with E-state index in [-0.39, 0.29) is 5.41 Å². The lowest BCUT2D eigenvalue weighted by Crippen LogP contribution is -2.13. The maximum atomic E-state index is 9.43. The highest BCUT2D eigenvalue weighted by Gasteiger charge is 2.22. The molecule has 0 spiro atoms. The Bertz CT molecular complexity index is 652. The number of nitrogens with zero attached hydrogens (tertiary/aromatic N) is 2. The Morgan fingerprint density at radius 3 is 2.62 bits per heavy atom. The van der Waals surface area contributed by atoms with Crippen LogP contribution in [0.3, 0.4) is 0 Å². The third-order valence-electron chi connectivity index (χ3n) is 3.00. The van der Waals surface area contributed by atoms with Gasteiger partial charge in [-0.15, -0.1) is 11.3 Å². The van der Waals surface area contributed by atoms with Crippen LogP contribution in [0.15, 0.2) is 29.6 Å². The first kappa shape index (κ1) is 15.3. The summed E-state index contributed by atoms with van der Waals surface area (Å²) in [4.78, 5) is 4.60. The van der Waals surface area contributed by atoms with Crippen molar-refractivity contribution in [2.24, 2.45) is 0 Å². The van der Waals surface area contributed by atoms with Crippen molar-refractivity contribution in [3.63, 3.8) is 0 Å². The van der Waals surface area contributed by atoms with Crippen LogP contribution in [-0.2, 0) is 5.41 Å². The monoisotopic (exact) mass is 301 g/mol. The third-order valence-corrected chi connectivity index (χ3v) is 4.28. The highest BCUT2D eigenvalue weighted by molar-refractivity contribution is 7.09. The molecule has 0 aliphatic carbocycles. The number of rotatable bonds is 4. The summed E-state index contributed by atoms with van der Waals surface area (Å²) in [5.74, 6) is 0.712. The molecule has 21 heavy (non-hydrogen) atoms. The molecular formula is C16H19N3OS. The predicted octanol–water partition coefficient (Wildman–Crippen LogP) is 4.13. The average Bonchev–Trinajstić information content (AvgIpc) is 2.94. The molecule has 2 rings (SSSR count). The molecule has 0 aliphatic rings. The Morgan fingerprint density at radius 1 is 1.33 bits per heavy atom. The van der Waals surface area contributed by atoms with Crippen LogP contribution in [0.25, 0.3) is 0 Å². The number of methoxy groups -OCH3 is 1. The van der Waals surface area contributed by atoms with E-state index in [1.165, 1.54) is 0 Å². The molecular weight excluding hydrogens is 282 g/mol. The summed E-state index contributed by atoms with van der Waals surface area (Å²) in [6, 6.07) is 9.32. The lowest BCUT2D eigenvalue weighted by Gasteiger charge is -2.15. The number of nitriles is 1. The minimum absolute atomic E-state index is 0.00659. The molecule has 1 heterocycles. The van der Waals surface area contributed by atoms with E-state index in [1.54, 1.807) is 18.4 Å². The number of nitrogens with one attached hydrogen (secondary N) is 1. The van der Waals surface area contributed by atoms with E-state index in [9.17, 15) is 5.26 Å². The molecule has 0 bridgehead atoms. The fraction of sp³-hybridized carbons (Fsp3) is 0.375. The Kier molecular flexibility index (Phi) is 4.49. The molecule has 110 valence electrons. The van der Waals surface area contributed by atoms with E-state index in [4.69, 9.17) is 4.74 Å². The maximum Gasteiger partial charge on any atom is 0.158 e. The SMILES string of the molecule is COc1ccccc1NC(C#N)c1csc(C(C)(C)C)n1. The van der Waals surface area contributed by atoms with Crippen molar-refractivity contribution in [1.29, 1.82) is 5.26 Å². The summed E-state index contributed by atoms with van der Waals surface area (Å²) in [5, 5.41) is 15.6. The van der Waals surface area contributed by atoms with Gasteiger partial charge in [0.25, 0.3) is 0 Å². The molecule has 0 fully saturated rings. The second kappa shape index (κ2) is 6.15. The number of benzene rings is 1. The number of aromatic nitrogens is 1. The zero-order valence-corrected chi connectivity index (χ0v) is 13.5. The Morgan fingerprint density at radius 2 is 2.05 bits per heavy atom. The van der Waals surface area contributed by atoms with Gasteiger partial charge in [0.15, 0.2) is 6.04 Å². The molecule has 0 saturated heterocycles. The molecule has 1 atom stereocenters. The van der Waals surface area contributed by atoms with Gasteiger partial charge in [0, 0.05) is 10.8 Å². The van der Waals surface area contributed by atoms with E-state index in [0.29, 0.717) is 5.75 Å². The molecule has 1 N–H and O–H groups in total. The minimum Gasteiger partial charge on any atom is -0.495 e. The van der Waals surface area contributed by atoms with Crippen molar-refractivity contribution in [2.75, 3.05) is 12.4 Å². The van der Waals surface area contributed by atoms with Crippen LogP contribution in [-0.4, -0.2) is 12.1 Å². The summed E-state index contributed by atoms with van der Waals surface area (Å²) in [7, 11) is 1.61. The number of hydrogen-bond donors (Lipinski definition) is 1. The van der Waals surface area contributed by atoms with Crippen molar-refractivity contribution >= 4 is 17.0 Å². The fourth-order valence-electron chi connectivity index (χ4n) is 1.85. The molecule has 0 saturated carbocycles. The molecule has 5 heteroatoms. The molecule has 1 unspecified atom stereocenters. The van der Waals surface area contributed by atoms with Gasteiger partial charge in [-0.1, -0.05) is 32.9 Å².